The predicted molar refractivity (Wildman–Crippen MR) is 285 cm³/mol. The number of ether oxygens (including phenoxy) is 5. The summed E-state index contributed by atoms with van der Waals surface area (Å²) in [6.45, 7) is 44.3. The molecule has 1 N–H and O–H groups in total. The van der Waals surface area contributed by atoms with Crippen molar-refractivity contribution in [1.82, 2.24) is 0 Å². The molecule has 0 bridgehead atoms. The molecule has 9 nitrogen and oxygen atoms in total. The molecule has 0 saturated carbocycles. The van der Waals surface area contributed by atoms with Crippen molar-refractivity contribution in [2.75, 3.05) is 41.0 Å². The van der Waals surface area contributed by atoms with E-state index in [1.54, 1.807) is 14.2 Å². The van der Waals surface area contributed by atoms with Gasteiger partial charge in [0.1, 0.15) is 31.4 Å². The van der Waals surface area contributed by atoms with E-state index in [1.165, 1.54) is 10.4 Å². The number of benzene rings is 2. The summed E-state index contributed by atoms with van der Waals surface area (Å²) in [6.07, 6.45) is 1.29. The van der Waals surface area contributed by atoms with Gasteiger partial charge in [-0.1, -0.05) is 168 Å². The quantitative estimate of drug-likeness (QED) is 0.0593. The maximum absolute atomic E-state index is 13.5. The topological polar surface area (TPSA) is 94.1 Å². The smallest absolute Gasteiger partial charge is 0.261 e. The molecule has 1 fully saturated rings. The van der Waals surface area contributed by atoms with Crippen LogP contribution in [0.2, 0.25) is 67.0 Å². The lowest BCUT2D eigenvalue weighted by atomic mass is 9.85. The van der Waals surface area contributed by atoms with Gasteiger partial charge in [0.25, 0.3) is 8.32 Å². The van der Waals surface area contributed by atoms with Gasteiger partial charge in [0.05, 0.1) is 24.9 Å². The molecule has 0 aliphatic carbocycles. The first kappa shape index (κ1) is 59.0. The average Bonchev–Trinajstić information content (AvgIpc) is 3.56. The molecule has 2 aromatic carbocycles. The maximum Gasteiger partial charge on any atom is 0.261 e. The Balaban J connectivity index is 2.07. The van der Waals surface area contributed by atoms with E-state index in [1.807, 2.05) is 0 Å². The Morgan fingerprint density at radius 2 is 1.24 bits per heavy atom. The standard InChI is InChI=1S/C53H96O9Si4/c1-40-34-46(61-45(40)32-33-59-66(52(10,11)12,43-28-24-22-25-29-43)44-30-26-23-27-31-44)48(57-38-55-13)49(58-39-56-14)53(54,37-63(15,16)17)35-41(2)42(3)47(62-65(20,21)51(7,8)9)36-60-64(18,19)50(4,5)6/h22-31,35,40,42,45-49,54H,32-34,36-39H2,1-21H3/b41-35+/t40-,42-,45+,46-,47+,48+,49+,53?/m1/s1. The number of hydrogen-bond acceptors (Lipinski definition) is 9. The molecule has 13 heteroatoms. The maximum atomic E-state index is 13.5. The average molecular weight is 990 g/mol. The second-order valence-corrected chi connectivity index (χ2v) is 44.0. The minimum absolute atomic E-state index is 0.00692. The second kappa shape index (κ2) is 23.7. The lowest BCUT2D eigenvalue weighted by Crippen LogP contribution is -2.66. The molecular formula is C53H96O9Si4. The highest BCUT2D eigenvalue weighted by molar-refractivity contribution is 6.99. The van der Waals surface area contributed by atoms with Crippen LogP contribution in [0.25, 0.3) is 0 Å². The van der Waals surface area contributed by atoms with E-state index in [0.717, 1.165) is 12.0 Å². The zero-order chi connectivity index (χ0) is 50.2. The van der Waals surface area contributed by atoms with Gasteiger partial charge in [-0.3, -0.25) is 0 Å². The van der Waals surface area contributed by atoms with Gasteiger partial charge in [0, 0.05) is 34.8 Å². The van der Waals surface area contributed by atoms with E-state index in [9.17, 15) is 5.11 Å². The lowest BCUT2D eigenvalue weighted by molar-refractivity contribution is -0.225. The van der Waals surface area contributed by atoms with Crippen molar-refractivity contribution in [1.29, 1.82) is 0 Å². The van der Waals surface area contributed by atoms with E-state index < -0.39 is 50.8 Å². The summed E-state index contributed by atoms with van der Waals surface area (Å²) in [7, 11) is -5.83. The summed E-state index contributed by atoms with van der Waals surface area (Å²) in [5.41, 5.74) is -0.424. The van der Waals surface area contributed by atoms with Crippen LogP contribution in [0.4, 0.5) is 0 Å². The molecule has 0 spiro atoms. The fourth-order valence-electron chi connectivity index (χ4n) is 9.03. The van der Waals surface area contributed by atoms with Crippen LogP contribution >= 0.6 is 0 Å². The Kier molecular flexibility index (Phi) is 21.2. The third-order valence-corrected chi connectivity index (χ3v) is 30.5. The van der Waals surface area contributed by atoms with Crippen molar-refractivity contribution in [3.05, 3.63) is 72.3 Å². The molecule has 0 aromatic heterocycles. The van der Waals surface area contributed by atoms with Crippen molar-refractivity contribution in [3.63, 3.8) is 0 Å². The summed E-state index contributed by atoms with van der Waals surface area (Å²) in [4.78, 5) is 0. The molecule has 3 rings (SSSR count). The Hall–Kier alpha value is -1.31. The summed E-state index contributed by atoms with van der Waals surface area (Å²) < 4.78 is 53.1. The minimum Gasteiger partial charge on any atom is -0.414 e. The van der Waals surface area contributed by atoms with Crippen molar-refractivity contribution < 1.29 is 42.1 Å². The SMILES string of the molecule is COCO[C@@H]([C@H]1C[C@@H](C)[C@H](CCO[Si](c2ccccc2)(c2ccccc2)C(C)(C)C)O1)[C@H](OCOC)C(O)(/C=C(\C)[C@@H](C)[C@H](CO[Si](C)(C)C(C)(C)C)O[Si](C)(C)C(C)(C)C)C[Si](C)(C)C. The molecule has 1 saturated heterocycles. The Morgan fingerprint density at radius 3 is 1.70 bits per heavy atom. The third-order valence-electron chi connectivity index (χ3n) is 14.9. The van der Waals surface area contributed by atoms with Crippen molar-refractivity contribution in [2.24, 2.45) is 11.8 Å². The zero-order valence-electron chi connectivity index (χ0n) is 45.6. The zero-order valence-corrected chi connectivity index (χ0v) is 49.6. The van der Waals surface area contributed by atoms with Crippen LogP contribution in [0, 0.1) is 11.8 Å². The number of rotatable bonds is 25. The van der Waals surface area contributed by atoms with Crippen LogP contribution < -0.4 is 10.4 Å². The molecule has 8 atom stereocenters. The number of hydrogen-bond donors (Lipinski definition) is 1. The van der Waals surface area contributed by atoms with E-state index in [2.05, 4.69) is 196 Å². The Bertz CT molecular complexity index is 1730. The fourth-order valence-corrected chi connectivity index (χ4v) is 18.0. The van der Waals surface area contributed by atoms with Gasteiger partial charge in [-0.05, 0) is 83.4 Å². The predicted octanol–water partition coefficient (Wildman–Crippen LogP) is 11.8. The van der Waals surface area contributed by atoms with Gasteiger partial charge in [-0.15, -0.1) is 0 Å². The monoisotopic (exact) mass is 989 g/mol. The van der Waals surface area contributed by atoms with Crippen molar-refractivity contribution >= 4 is 43.4 Å². The fraction of sp³-hybridized carbons (Fsp3) is 0.736. The first-order valence-corrected chi connectivity index (χ1v) is 36.0. The largest absolute Gasteiger partial charge is 0.414 e. The van der Waals surface area contributed by atoms with Crippen molar-refractivity contribution in [2.45, 2.75) is 199 Å². The van der Waals surface area contributed by atoms with Crippen LogP contribution in [0.5, 0.6) is 0 Å². The van der Waals surface area contributed by atoms with Gasteiger partial charge >= 0.3 is 0 Å². The van der Waals surface area contributed by atoms with Crippen LogP contribution in [0.15, 0.2) is 72.3 Å². The van der Waals surface area contributed by atoms with Crippen LogP contribution in [-0.4, -0.2) is 115 Å². The molecule has 66 heavy (non-hydrogen) atoms. The van der Waals surface area contributed by atoms with Crippen molar-refractivity contribution in [3.8, 4) is 0 Å². The van der Waals surface area contributed by atoms with Gasteiger partial charge < -0.3 is 42.1 Å². The highest BCUT2D eigenvalue weighted by Crippen LogP contribution is 2.43. The molecular weight excluding hydrogens is 893 g/mol. The molecule has 0 amide bonds. The Morgan fingerprint density at radius 1 is 0.742 bits per heavy atom. The summed E-state index contributed by atoms with van der Waals surface area (Å²) in [5.74, 6) is 0.132. The second-order valence-electron chi connectivity index (χ2n) is 24.7. The van der Waals surface area contributed by atoms with Gasteiger partial charge in [-0.2, -0.15) is 0 Å². The molecule has 1 aliphatic heterocycles. The normalized spacial score (nSPS) is 21.4. The first-order valence-electron chi connectivity index (χ1n) is 24.6. The first-order chi connectivity index (χ1) is 30.3. The van der Waals surface area contributed by atoms with E-state index in [-0.39, 0.29) is 58.8 Å². The van der Waals surface area contributed by atoms with Gasteiger partial charge in [-0.25, -0.2) is 0 Å². The van der Waals surface area contributed by atoms with Gasteiger partial charge in [0.15, 0.2) is 16.6 Å². The van der Waals surface area contributed by atoms with Crippen LogP contribution in [0.1, 0.15) is 95.9 Å². The highest BCUT2D eigenvalue weighted by atomic mass is 28.4. The Labute approximate surface area is 407 Å². The minimum atomic E-state index is -2.74. The van der Waals surface area contributed by atoms with E-state index in [4.69, 9.17) is 37.0 Å². The van der Waals surface area contributed by atoms with Crippen LogP contribution in [-0.2, 0) is 37.0 Å². The van der Waals surface area contributed by atoms with E-state index in [0.29, 0.717) is 25.7 Å². The summed E-state index contributed by atoms with van der Waals surface area (Å²) >= 11 is 0. The molecule has 2 aromatic rings. The van der Waals surface area contributed by atoms with E-state index >= 15 is 0 Å². The van der Waals surface area contributed by atoms with Gasteiger partial charge in [0.2, 0.25) is 0 Å². The molecule has 0 radical (unpaired) electrons. The molecule has 1 aliphatic rings. The molecule has 378 valence electrons. The number of methoxy groups -OCH3 is 2. The highest BCUT2D eigenvalue weighted by Gasteiger charge is 2.53. The summed E-state index contributed by atoms with van der Waals surface area (Å²) in [6, 6.07) is 22.1. The lowest BCUT2D eigenvalue weighted by Gasteiger charge is -2.44. The molecule has 1 heterocycles. The van der Waals surface area contributed by atoms with Crippen LogP contribution in [0.3, 0.4) is 0 Å². The third kappa shape index (κ3) is 15.3. The summed E-state index contributed by atoms with van der Waals surface area (Å²) in [5, 5.41) is 15.9. The molecule has 1 unspecified atom stereocenters. The number of aliphatic hydroxyl groups is 1.